The highest BCUT2D eigenvalue weighted by molar-refractivity contribution is 7.91. The fraction of sp³-hybridized carbons (Fsp3) is 0.639. The van der Waals surface area contributed by atoms with Crippen LogP contribution < -0.4 is 15.4 Å². The Balaban J connectivity index is 1.26. The van der Waals surface area contributed by atoms with Crippen molar-refractivity contribution in [3.8, 4) is 0 Å². The molecule has 0 aromatic heterocycles. The second-order valence-electron chi connectivity index (χ2n) is 14.2. The molecule has 13 nitrogen and oxygen atoms in total. The molecule has 0 spiro atoms. The maximum atomic E-state index is 14.3. The number of nitrogens with one attached hydrogen (secondary N) is 3. The van der Waals surface area contributed by atoms with Crippen LogP contribution in [-0.4, -0.2) is 84.5 Å². The summed E-state index contributed by atoms with van der Waals surface area (Å²) in [4.78, 5) is 62.5. The molecule has 4 fully saturated rings. The van der Waals surface area contributed by atoms with Crippen molar-refractivity contribution in [3.05, 3.63) is 48.0 Å². The Bertz CT molecular complexity index is 1590. The maximum Gasteiger partial charge on any atom is 0.408 e. The van der Waals surface area contributed by atoms with Crippen molar-refractivity contribution in [2.75, 3.05) is 6.54 Å². The standard InChI is InChI=1S/C36H49N5O8S/c1-2-29(24-13-7-6-8-14-24)39-49-27-21-31-32(42)38-36(34(44)40-50(46,47)28-19-20-28)22-25(36)15-9-4-3-5-10-18-30(33(43)41(31)23-27)37-35(45)48-26-16-11-12-17-26/h6-9,13-15,25-28,30-31H,2-5,10-12,16-23H2,1H3,(H,37,45)(H,38,42)(H,40,44)/b15-9-,39-29+/t25-,27-,30+,31+,36?/m1/s1. The van der Waals surface area contributed by atoms with Crippen LogP contribution in [0.4, 0.5) is 4.79 Å². The largest absolute Gasteiger partial charge is 0.446 e. The third-order valence-corrected chi connectivity index (χ3v) is 12.3. The van der Waals surface area contributed by atoms with Crippen LogP contribution in [0, 0.1) is 5.92 Å². The minimum absolute atomic E-state index is 0.0284. The smallest absolute Gasteiger partial charge is 0.408 e. The van der Waals surface area contributed by atoms with Crippen LogP contribution in [0.2, 0.25) is 0 Å². The molecule has 2 aliphatic heterocycles. The number of alkyl carbamates (subject to hydrolysis) is 1. The maximum absolute atomic E-state index is 14.3. The van der Waals surface area contributed by atoms with E-state index in [0.29, 0.717) is 37.8 Å². The fourth-order valence-electron chi connectivity index (χ4n) is 7.26. The summed E-state index contributed by atoms with van der Waals surface area (Å²) in [5.41, 5.74) is 0.135. The first-order valence-electron chi connectivity index (χ1n) is 18.2. The monoisotopic (exact) mass is 711 g/mol. The zero-order valence-electron chi connectivity index (χ0n) is 28.7. The van der Waals surface area contributed by atoms with Gasteiger partial charge < -0.3 is 25.1 Å². The van der Waals surface area contributed by atoms with E-state index in [-0.39, 0.29) is 25.5 Å². The van der Waals surface area contributed by atoms with Crippen LogP contribution in [0.25, 0.3) is 0 Å². The molecule has 1 saturated heterocycles. The van der Waals surface area contributed by atoms with Crippen LogP contribution in [0.3, 0.4) is 0 Å². The van der Waals surface area contributed by atoms with Crippen LogP contribution in [0.5, 0.6) is 0 Å². The van der Waals surface area contributed by atoms with E-state index in [1.54, 1.807) is 0 Å². The highest BCUT2D eigenvalue weighted by atomic mass is 32.2. The number of allylic oxidation sites excluding steroid dienone is 1. The van der Waals surface area contributed by atoms with Gasteiger partial charge in [0.25, 0.3) is 5.91 Å². The lowest BCUT2D eigenvalue weighted by Gasteiger charge is -2.30. The number of fused-ring (bicyclic) bond motifs is 2. The molecule has 272 valence electrons. The topological polar surface area (TPSA) is 173 Å². The Kier molecular flexibility index (Phi) is 11.1. The SMILES string of the molecule is CC/C(=N\O[C@@H]1C[C@H]2C(=O)NC3(C(=O)NS(=O)(=O)C4CC4)C[C@H]3/C=C\CCCCC[C@H](NC(=O)OC3CCCC3)C(=O)N2C1)c1ccccc1. The minimum atomic E-state index is -3.86. The molecule has 5 aliphatic rings. The quantitative estimate of drug-likeness (QED) is 0.197. The summed E-state index contributed by atoms with van der Waals surface area (Å²) in [6, 6.07) is 7.58. The number of amides is 4. The third kappa shape index (κ3) is 8.50. The van der Waals surface area contributed by atoms with Gasteiger partial charge in [-0.2, -0.15) is 0 Å². The van der Waals surface area contributed by atoms with E-state index in [2.05, 4.69) is 20.5 Å². The summed E-state index contributed by atoms with van der Waals surface area (Å²) < 4.78 is 33.4. The summed E-state index contributed by atoms with van der Waals surface area (Å²) in [6.07, 6.45) is 11.1. The number of hydrogen-bond donors (Lipinski definition) is 3. The molecule has 6 rings (SSSR count). The van der Waals surface area contributed by atoms with E-state index in [1.807, 2.05) is 49.4 Å². The number of rotatable bonds is 9. The Labute approximate surface area is 294 Å². The highest BCUT2D eigenvalue weighted by Gasteiger charge is 2.62. The molecular weight excluding hydrogens is 662 g/mol. The third-order valence-electron chi connectivity index (χ3n) is 10.5. The highest BCUT2D eigenvalue weighted by Crippen LogP contribution is 2.46. The second-order valence-corrected chi connectivity index (χ2v) is 16.2. The van der Waals surface area contributed by atoms with Crippen molar-refractivity contribution in [1.82, 2.24) is 20.3 Å². The van der Waals surface area contributed by atoms with Crippen molar-refractivity contribution < 1.29 is 37.2 Å². The summed E-state index contributed by atoms with van der Waals surface area (Å²) >= 11 is 0. The van der Waals surface area contributed by atoms with Gasteiger partial charge in [0.2, 0.25) is 21.8 Å². The molecule has 50 heavy (non-hydrogen) atoms. The van der Waals surface area contributed by atoms with E-state index < -0.39 is 68.7 Å². The summed E-state index contributed by atoms with van der Waals surface area (Å²) in [5.74, 6) is -2.21. The lowest BCUT2D eigenvalue weighted by Crippen LogP contribution is -2.58. The van der Waals surface area contributed by atoms with Gasteiger partial charge in [-0.05, 0) is 76.2 Å². The van der Waals surface area contributed by atoms with E-state index in [9.17, 15) is 27.6 Å². The van der Waals surface area contributed by atoms with Crippen LogP contribution in [0.1, 0.15) is 102 Å². The van der Waals surface area contributed by atoms with Gasteiger partial charge >= 0.3 is 6.09 Å². The van der Waals surface area contributed by atoms with Crippen molar-refractivity contribution in [1.29, 1.82) is 0 Å². The van der Waals surface area contributed by atoms with E-state index >= 15 is 0 Å². The lowest BCUT2D eigenvalue weighted by molar-refractivity contribution is -0.141. The predicted octanol–water partition coefficient (Wildman–Crippen LogP) is 3.83. The number of ether oxygens (including phenoxy) is 1. The summed E-state index contributed by atoms with van der Waals surface area (Å²) in [7, 11) is -3.86. The number of sulfonamides is 1. The van der Waals surface area contributed by atoms with E-state index in [1.165, 1.54) is 4.90 Å². The molecule has 0 bridgehead atoms. The normalized spacial score (nSPS) is 30.2. The van der Waals surface area contributed by atoms with Gasteiger partial charge in [0.05, 0.1) is 17.5 Å². The molecule has 3 aliphatic carbocycles. The summed E-state index contributed by atoms with van der Waals surface area (Å²) in [5, 5.41) is 9.49. The van der Waals surface area contributed by atoms with Crippen LogP contribution >= 0.6 is 0 Å². The molecule has 3 N–H and O–H groups in total. The summed E-state index contributed by atoms with van der Waals surface area (Å²) in [6.45, 7) is 1.99. The van der Waals surface area contributed by atoms with Gasteiger partial charge in [0.1, 0.15) is 29.8 Å². The van der Waals surface area contributed by atoms with Crippen molar-refractivity contribution in [3.63, 3.8) is 0 Å². The van der Waals surface area contributed by atoms with Crippen LogP contribution in [0.15, 0.2) is 47.6 Å². The molecule has 0 radical (unpaired) electrons. The zero-order valence-corrected chi connectivity index (χ0v) is 29.5. The Morgan fingerprint density at radius 1 is 1.00 bits per heavy atom. The molecule has 1 aromatic rings. The second kappa shape index (κ2) is 15.5. The predicted molar refractivity (Wildman–Crippen MR) is 185 cm³/mol. The fourth-order valence-corrected chi connectivity index (χ4v) is 8.63. The average molecular weight is 712 g/mol. The Morgan fingerprint density at radius 3 is 2.46 bits per heavy atom. The number of carbonyl (C=O) groups is 4. The average Bonchev–Trinajstić information content (AvgIpc) is 3.97. The molecule has 5 atom stereocenters. The van der Waals surface area contributed by atoms with E-state index in [4.69, 9.17) is 9.57 Å². The van der Waals surface area contributed by atoms with Crippen molar-refractivity contribution in [2.24, 2.45) is 11.1 Å². The first kappa shape index (κ1) is 35.9. The number of benzene rings is 1. The number of nitrogens with zero attached hydrogens (tertiary/aromatic N) is 2. The zero-order chi connectivity index (χ0) is 35.3. The van der Waals surface area contributed by atoms with Crippen LogP contribution in [-0.2, 0) is 34.0 Å². The van der Waals surface area contributed by atoms with Gasteiger partial charge in [-0.15, -0.1) is 0 Å². The van der Waals surface area contributed by atoms with Gasteiger partial charge in [0, 0.05) is 12.3 Å². The molecule has 14 heteroatoms. The number of oxime groups is 1. The first-order valence-corrected chi connectivity index (χ1v) is 19.7. The molecule has 1 aromatic carbocycles. The Morgan fingerprint density at radius 2 is 1.74 bits per heavy atom. The number of hydrogen-bond acceptors (Lipinski definition) is 9. The van der Waals surface area contributed by atoms with Gasteiger partial charge in [-0.25, -0.2) is 13.2 Å². The van der Waals surface area contributed by atoms with Crippen molar-refractivity contribution in [2.45, 2.75) is 132 Å². The Hall–Kier alpha value is -3.94. The van der Waals surface area contributed by atoms with Gasteiger partial charge in [-0.1, -0.05) is 67.4 Å². The molecular formula is C36H49N5O8S. The first-order chi connectivity index (χ1) is 24.1. The molecule has 4 amide bonds. The van der Waals surface area contributed by atoms with Gasteiger partial charge in [-0.3, -0.25) is 19.1 Å². The number of carbonyl (C=O) groups excluding carboxylic acids is 4. The van der Waals surface area contributed by atoms with E-state index in [0.717, 1.165) is 50.5 Å². The molecule has 1 unspecified atom stereocenters. The van der Waals surface area contributed by atoms with Gasteiger partial charge in [0.15, 0.2) is 0 Å². The minimum Gasteiger partial charge on any atom is -0.446 e. The molecule has 3 saturated carbocycles. The lowest BCUT2D eigenvalue weighted by atomic mass is 10.0. The molecule has 2 heterocycles. The van der Waals surface area contributed by atoms with Crippen molar-refractivity contribution >= 4 is 39.5 Å².